The number of hydrogen-bond donors (Lipinski definition) is 3. The minimum absolute atomic E-state index is 0.0622. The molecule has 12 nitrogen and oxygen atoms in total. The summed E-state index contributed by atoms with van der Waals surface area (Å²) in [5, 5.41) is 38.3. The lowest BCUT2D eigenvalue weighted by Gasteiger charge is -2.62. The van der Waals surface area contributed by atoms with Gasteiger partial charge in [0.25, 0.3) is 0 Å². The Kier molecular flexibility index (Phi) is 8.37. The van der Waals surface area contributed by atoms with Crippen LogP contribution in [0.15, 0.2) is 34.7 Å². The van der Waals surface area contributed by atoms with Gasteiger partial charge >= 0.3 is 5.97 Å². The number of carbonyl (C=O) groups excluding carboxylic acids is 1. The number of furan rings is 1. The van der Waals surface area contributed by atoms with Crippen LogP contribution < -0.4 is 19.5 Å². The molecule has 0 radical (unpaired) electrons. The van der Waals surface area contributed by atoms with Gasteiger partial charge in [0.2, 0.25) is 6.79 Å². The lowest BCUT2D eigenvalue weighted by molar-refractivity contribution is -0.154. The number of phenols is 1. The number of nitrogens with one attached hydrogen (secondary N) is 1. The minimum atomic E-state index is -1.43. The molecule has 7 aliphatic heterocycles. The maximum absolute atomic E-state index is 14.9. The van der Waals surface area contributed by atoms with Crippen molar-refractivity contribution in [2.45, 2.75) is 94.0 Å². The Bertz CT molecular complexity index is 2360. The van der Waals surface area contributed by atoms with Gasteiger partial charge in [-0.15, -0.1) is 11.8 Å². The van der Waals surface area contributed by atoms with Crippen LogP contribution in [0.25, 0.3) is 11.0 Å². The van der Waals surface area contributed by atoms with Crippen LogP contribution in [0.5, 0.6) is 23.0 Å². The fourth-order valence-corrected chi connectivity index (χ4v) is 12.9. The zero-order valence-electron chi connectivity index (χ0n) is 32.2. The molecule has 0 aliphatic carbocycles. The van der Waals surface area contributed by atoms with E-state index in [0.29, 0.717) is 54.4 Å². The molecule has 0 unspecified atom stereocenters. The summed E-state index contributed by atoms with van der Waals surface area (Å²) < 4.78 is 31.3. The first-order chi connectivity index (χ1) is 27.2. The van der Waals surface area contributed by atoms with Crippen molar-refractivity contribution >= 4 is 28.7 Å². The number of para-hydroxylation sites is 1. The third kappa shape index (κ3) is 4.71. The molecule has 4 aromatic rings. The number of ether oxygens (including phenoxy) is 4. The van der Waals surface area contributed by atoms with Crippen LogP contribution in [0.4, 0.5) is 0 Å². The summed E-state index contributed by atoms with van der Waals surface area (Å²) in [5.74, 6) is 2.25. The topological polar surface area (TPSA) is 150 Å². The number of aryl methyl sites for hydroxylation is 1. The molecule has 4 bridgehead atoms. The number of rotatable bonds is 3. The number of carbonyl (C=O) groups is 1. The predicted octanol–water partition coefficient (Wildman–Crippen LogP) is 5.54. The lowest BCUT2D eigenvalue weighted by atomic mass is 9.70. The molecule has 2 fully saturated rings. The molecule has 7 aliphatic rings. The smallest absolute Gasteiger partial charge is 0.335 e. The van der Waals surface area contributed by atoms with Gasteiger partial charge in [0.15, 0.2) is 28.5 Å². The van der Waals surface area contributed by atoms with E-state index >= 15 is 0 Å². The number of aliphatic hydroxyl groups is 1. The van der Waals surface area contributed by atoms with Crippen LogP contribution in [0.3, 0.4) is 0 Å². The molecule has 0 amide bonds. The first-order valence-electron chi connectivity index (χ1n) is 19.6. The van der Waals surface area contributed by atoms with Crippen molar-refractivity contribution in [2.75, 3.05) is 39.4 Å². The summed E-state index contributed by atoms with van der Waals surface area (Å²) in [6.07, 6.45) is 1.46. The Morgan fingerprint density at radius 3 is 2.66 bits per heavy atom. The van der Waals surface area contributed by atoms with E-state index in [0.717, 1.165) is 49.9 Å². The van der Waals surface area contributed by atoms with Crippen molar-refractivity contribution in [3.63, 3.8) is 0 Å². The number of methoxy groups -OCH3 is 1. The monoisotopic (exact) mass is 778 g/mol. The summed E-state index contributed by atoms with van der Waals surface area (Å²) in [7, 11) is 1.59. The summed E-state index contributed by atoms with van der Waals surface area (Å²) in [4.78, 5) is 19.6. The van der Waals surface area contributed by atoms with Gasteiger partial charge in [0, 0.05) is 63.7 Å². The summed E-state index contributed by atoms with van der Waals surface area (Å²) in [5.41, 5.74) is 6.97. The van der Waals surface area contributed by atoms with E-state index in [2.05, 4.69) is 48.0 Å². The maximum atomic E-state index is 14.9. The molecule has 56 heavy (non-hydrogen) atoms. The molecule has 3 aromatic carbocycles. The first kappa shape index (κ1) is 35.9. The van der Waals surface area contributed by atoms with E-state index < -0.39 is 23.6 Å². The number of benzene rings is 3. The number of esters is 1. The molecule has 2 saturated heterocycles. The van der Waals surface area contributed by atoms with Gasteiger partial charge < -0.3 is 33.6 Å². The molecule has 1 aromatic heterocycles. The highest BCUT2D eigenvalue weighted by atomic mass is 32.2. The van der Waals surface area contributed by atoms with Crippen LogP contribution in [0.1, 0.15) is 80.9 Å². The van der Waals surface area contributed by atoms with Crippen molar-refractivity contribution in [3.05, 3.63) is 80.6 Å². The quantitative estimate of drug-likeness (QED) is 0.224. The second kappa shape index (κ2) is 13.0. The number of hydrogen-bond acceptors (Lipinski definition) is 13. The average Bonchev–Trinajstić information content (AvgIpc) is 3.84. The molecule has 1 spiro atoms. The Hall–Kier alpha value is -4.45. The standard InChI is InChI=1S/C43H46N4O8S/c1-6-46-28-14-23-13-20(2)37(51-5)36(49)32(23)34(46)35-40-31-21(3)22(4)38-39(54-19-53-38)33(31)27(47(35)29(28)16-44)11-12-52-42(50)43(18-56-40)41-26(15-24(17-48)45-43)25-9-7-8-10-30(25)55-41/h7-10,13,24,27-29,34-35,40,45,48-49H,6,11-12,14-15,17-19H2,1-5H3/t24-,27-,28-,29-,34+,35+,40+,43+/m0/s1. The number of piperazine rings is 1. The van der Waals surface area contributed by atoms with E-state index in [4.69, 9.17) is 23.4 Å². The first-order valence-corrected chi connectivity index (χ1v) is 20.6. The van der Waals surface area contributed by atoms with Crippen molar-refractivity contribution in [3.8, 4) is 29.1 Å². The Morgan fingerprint density at radius 2 is 1.89 bits per heavy atom. The molecule has 11 rings (SSSR count). The van der Waals surface area contributed by atoms with Crippen LogP contribution >= 0.6 is 11.8 Å². The van der Waals surface area contributed by atoms with Gasteiger partial charge in [-0.1, -0.05) is 31.2 Å². The molecule has 0 saturated carbocycles. The molecular formula is C43H46N4O8S. The fourth-order valence-electron chi connectivity index (χ4n) is 11.2. The highest BCUT2D eigenvalue weighted by Gasteiger charge is 2.61. The molecule has 8 atom stereocenters. The Labute approximate surface area is 329 Å². The number of thioether (sulfide) groups is 1. The van der Waals surface area contributed by atoms with Gasteiger partial charge in [-0.25, -0.2) is 4.79 Å². The Balaban J connectivity index is 1.25. The van der Waals surface area contributed by atoms with Crippen LogP contribution in [0, 0.1) is 32.1 Å². The number of fused-ring (bicyclic) bond motifs is 12. The summed E-state index contributed by atoms with van der Waals surface area (Å²) in [6, 6.07) is 10.5. The highest BCUT2D eigenvalue weighted by Crippen LogP contribution is 2.63. The van der Waals surface area contributed by atoms with Crippen LogP contribution in [-0.4, -0.2) is 89.6 Å². The largest absolute Gasteiger partial charge is 0.504 e. The SMILES string of the molecule is CCN1[C@@H]2c3c(cc(C)c(OC)c3O)C[C@H]1[C@H](C#N)N1[C@H]2[C@@H]2SC[C@]3(N[C@H](CO)Cc4c3oc3ccccc43)C(=O)OCC[C@H]1c1c3c(c(C)c(C)c12)OCO3. The Morgan fingerprint density at radius 1 is 1.09 bits per heavy atom. The zero-order chi connectivity index (χ0) is 38.8. The summed E-state index contributed by atoms with van der Waals surface area (Å²) >= 11 is 1.63. The second-order valence-electron chi connectivity index (χ2n) is 16.1. The molecule has 13 heteroatoms. The van der Waals surface area contributed by atoms with Crippen molar-refractivity contribution in [1.29, 1.82) is 5.26 Å². The third-order valence-electron chi connectivity index (χ3n) is 13.5. The van der Waals surface area contributed by atoms with Gasteiger partial charge in [-0.05, 0) is 74.0 Å². The maximum Gasteiger partial charge on any atom is 0.335 e. The highest BCUT2D eigenvalue weighted by molar-refractivity contribution is 7.99. The van der Waals surface area contributed by atoms with Gasteiger partial charge in [-0.3, -0.25) is 15.1 Å². The van der Waals surface area contributed by atoms with Crippen LogP contribution in [-0.2, 0) is 27.9 Å². The number of aliphatic hydroxyl groups excluding tert-OH is 1. The van der Waals surface area contributed by atoms with Crippen molar-refractivity contribution in [2.24, 2.45) is 0 Å². The molecule has 292 valence electrons. The average molecular weight is 779 g/mol. The normalized spacial score (nSPS) is 30.5. The number of phenolic OH excluding ortho intramolecular Hbond substituents is 1. The number of aromatic hydroxyl groups is 1. The van der Waals surface area contributed by atoms with E-state index in [-0.39, 0.29) is 60.9 Å². The van der Waals surface area contributed by atoms with Gasteiger partial charge in [0.1, 0.15) is 17.4 Å². The predicted molar refractivity (Wildman–Crippen MR) is 208 cm³/mol. The lowest BCUT2D eigenvalue weighted by Crippen LogP contribution is -2.69. The van der Waals surface area contributed by atoms with Crippen molar-refractivity contribution < 1.29 is 38.4 Å². The van der Waals surface area contributed by atoms with E-state index in [1.807, 2.05) is 31.2 Å². The van der Waals surface area contributed by atoms with Gasteiger partial charge in [-0.2, -0.15) is 5.26 Å². The van der Waals surface area contributed by atoms with E-state index in [9.17, 15) is 20.3 Å². The van der Waals surface area contributed by atoms with Crippen molar-refractivity contribution in [1.82, 2.24) is 15.1 Å². The molecule has 3 N–H and O–H groups in total. The molecular weight excluding hydrogens is 733 g/mol. The number of nitrogens with zero attached hydrogens (tertiary/aromatic N) is 3. The minimum Gasteiger partial charge on any atom is -0.504 e. The molecule has 8 heterocycles. The second-order valence-corrected chi connectivity index (χ2v) is 17.2. The van der Waals surface area contributed by atoms with Crippen LogP contribution in [0.2, 0.25) is 0 Å². The third-order valence-corrected chi connectivity index (χ3v) is 15.0. The number of nitriles is 1. The van der Waals surface area contributed by atoms with E-state index in [1.165, 1.54) is 0 Å². The summed E-state index contributed by atoms with van der Waals surface area (Å²) in [6.45, 7) is 8.91. The van der Waals surface area contributed by atoms with Gasteiger partial charge in [0.05, 0.1) is 32.4 Å². The fraction of sp³-hybridized carbons (Fsp3) is 0.488. The zero-order valence-corrected chi connectivity index (χ0v) is 33.0. The number of likely N-dealkylation sites (N-methyl/N-ethyl adjacent to an activating group) is 1. The van der Waals surface area contributed by atoms with E-state index in [1.54, 1.807) is 18.9 Å².